The molecule has 2 fully saturated rings. The van der Waals surface area contributed by atoms with E-state index in [2.05, 4.69) is 10.6 Å². The lowest BCUT2D eigenvalue weighted by atomic mass is 9.82. The van der Waals surface area contributed by atoms with Gasteiger partial charge in [-0.3, -0.25) is 4.79 Å². The van der Waals surface area contributed by atoms with Crippen LogP contribution in [-0.4, -0.2) is 48.8 Å². The maximum atomic E-state index is 12.6. The largest absolute Gasteiger partial charge is 0.459 e. The summed E-state index contributed by atoms with van der Waals surface area (Å²) >= 11 is 0. The predicted octanol–water partition coefficient (Wildman–Crippen LogP) is 3.61. The van der Waals surface area contributed by atoms with Gasteiger partial charge in [0.2, 0.25) is 0 Å². The number of carbonyl (C=O) groups is 1. The summed E-state index contributed by atoms with van der Waals surface area (Å²) in [5, 5.41) is 7.17. The van der Waals surface area contributed by atoms with E-state index in [0.29, 0.717) is 5.41 Å². The molecule has 2 N–H and O–H groups in total. The van der Waals surface area contributed by atoms with Crippen LogP contribution in [0.15, 0.2) is 0 Å². The van der Waals surface area contributed by atoms with Crippen molar-refractivity contribution in [3.8, 4) is 0 Å². The van der Waals surface area contributed by atoms with Crippen molar-refractivity contribution >= 4 is 27.6 Å². The zero-order valence-corrected chi connectivity index (χ0v) is 17.1. The second-order valence-corrected chi connectivity index (χ2v) is 10.8. The second kappa shape index (κ2) is 9.70. The molecule has 24 heavy (non-hydrogen) atoms. The van der Waals surface area contributed by atoms with Crippen molar-refractivity contribution in [2.24, 2.45) is 5.41 Å². The molecule has 6 heteroatoms. The highest BCUT2D eigenvalue weighted by Gasteiger charge is 2.35. The Morgan fingerprint density at radius 1 is 1.08 bits per heavy atom. The molecule has 2 aliphatic rings. The fourth-order valence-corrected chi connectivity index (χ4v) is 5.74. The summed E-state index contributed by atoms with van der Waals surface area (Å²) in [6.45, 7) is 8.95. The third-order valence-corrected chi connectivity index (χ3v) is 7.31. The summed E-state index contributed by atoms with van der Waals surface area (Å²) in [7, 11) is 3.66. The molecule has 0 aromatic heterocycles. The van der Waals surface area contributed by atoms with Crippen molar-refractivity contribution < 1.29 is 9.53 Å². The molecule has 1 saturated carbocycles. The van der Waals surface area contributed by atoms with Crippen LogP contribution in [0.25, 0.3) is 0 Å². The Bertz CT molecular complexity index is 393. The number of nitrogens with one attached hydrogen (secondary N) is 2. The zero-order chi connectivity index (χ0) is 17.5. The first kappa shape index (κ1) is 20.4. The van der Waals surface area contributed by atoms with Crippen molar-refractivity contribution in [3.05, 3.63) is 0 Å². The van der Waals surface area contributed by atoms with Crippen LogP contribution in [0, 0.1) is 5.41 Å². The maximum absolute atomic E-state index is 12.6. The Morgan fingerprint density at radius 3 is 2.54 bits per heavy atom. The summed E-state index contributed by atoms with van der Waals surface area (Å²) in [5.41, 5.74) is -0.0637. The maximum Gasteiger partial charge on any atom is 0.324 e. The minimum Gasteiger partial charge on any atom is -0.459 e. The van der Waals surface area contributed by atoms with Crippen molar-refractivity contribution in [1.29, 1.82) is 0 Å². The molecule has 140 valence electrons. The SMILES string of the molecule is CC(C)(C)OC(=O)C1CSSCCCNCCC2(CCCC2)CN1. The van der Waals surface area contributed by atoms with E-state index >= 15 is 0 Å². The quantitative estimate of drug-likeness (QED) is 0.540. The number of carbonyl (C=O) groups excluding carboxylic acids is 1. The Morgan fingerprint density at radius 2 is 1.83 bits per heavy atom. The van der Waals surface area contributed by atoms with Crippen LogP contribution < -0.4 is 10.6 Å². The van der Waals surface area contributed by atoms with Gasteiger partial charge in [-0.1, -0.05) is 34.4 Å². The minimum absolute atomic E-state index is 0.100. The van der Waals surface area contributed by atoms with E-state index in [4.69, 9.17) is 4.74 Å². The lowest BCUT2D eigenvalue weighted by Crippen LogP contribution is -2.47. The smallest absolute Gasteiger partial charge is 0.324 e. The van der Waals surface area contributed by atoms with E-state index in [0.717, 1.165) is 31.1 Å². The minimum atomic E-state index is -0.424. The van der Waals surface area contributed by atoms with Gasteiger partial charge in [0.1, 0.15) is 11.6 Å². The first-order valence-corrected chi connectivity index (χ1v) is 11.8. The lowest BCUT2D eigenvalue weighted by molar-refractivity contribution is -0.156. The molecule has 0 radical (unpaired) electrons. The number of hydrogen-bond donors (Lipinski definition) is 2. The lowest BCUT2D eigenvalue weighted by Gasteiger charge is -2.32. The van der Waals surface area contributed by atoms with Gasteiger partial charge < -0.3 is 15.4 Å². The number of ether oxygens (including phenoxy) is 1. The fraction of sp³-hybridized carbons (Fsp3) is 0.944. The molecule has 1 saturated heterocycles. The molecule has 0 bridgehead atoms. The molecule has 1 aliphatic heterocycles. The fourth-order valence-electron chi connectivity index (χ4n) is 3.47. The molecular formula is C18H34N2O2S2. The standard InChI is InChI=1S/C18H34N2O2S2/c1-17(2,3)22-16(21)15-13-24-23-12-6-10-19-11-9-18(14-20-15)7-4-5-8-18/h15,19-20H,4-14H2,1-3H3. The third kappa shape index (κ3) is 7.14. The highest BCUT2D eigenvalue weighted by molar-refractivity contribution is 8.76. The van der Waals surface area contributed by atoms with Crippen molar-refractivity contribution in [3.63, 3.8) is 0 Å². The molecule has 2 rings (SSSR count). The van der Waals surface area contributed by atoms with E-state index in [1.807, 2.05) is 31.6 Å². The van der Waals surface area contributed by atoms with Crippen LogP contribution in [0.1, 0.15) is 59.3 Å². The van der Waals surface area contributed by atoms with Gasteiger partial charge in [-0.15, -0.1) is 0 Å². The van der Waals surface area contributed by atoms with Gasteiger partial charge in [-0.05, 0) is 65.0 Å². The van der Waals surface area contributed by atoms with Crippen molar-refractivity contribution in [1.82, 2.24) is 10.6 Å². The van der Waals surface area contributed by atoms with Crippen LogP contribution in [0.4, 0.5) is 0 Å². The summed E-state index contributed by atoms with van der Waals surface area (Å²) in [4.78, 5) is 12.6. The molecule has 1 unspecified atom stereocenters. The van der Waals surface area contributed by atoms with Gasteiger partial charge in [0.15, 0.2) is 0 Å². The molecule has 1 spiro atoms. The summed E-state index contributed by atoms with van der Waals surface area (Å²) in [6, 6.07) is -0.201. The topological polar surface area (TPSA) is 50.4 Å². The molecular weight excluding hydrogens is 340 g/mol. The molecule has 0 aromatic carbocycles. The van der Waals surface area contributed by atoms with E-state index in [1.165, 1.54) is 38.5 Å². The van der Waals surface area contributed by atoms with Crippen molar-refractivity contribution in [2.45, 2.75) is 70.9 Å². The molecule has 1 aliphatic carbocycles. The van der Waals surface area contributed by atoms with Gasteiger partial charge in [0.05, 0.1) is 0 Å². The van der Waals surface area contributed by atoms with E-state index in [-0.39, 0.29) is 12.0 Å². The Hall–Kier alpha value is 0.0900. The predicted molar refractivity (Wildman–Crippen MR) is 106 cm³/mol. The second-order valence-electron chi connectivity index (χ2n) is 8.13. The highest BCUT2D eigenvalue weighted by Crippen LogP contribution is 2.40. The average Bonchev–Trinajstić information content (AvgIpc) is 2.95. The number of hydrogen-bond acceptors (Lipinski definition) is 6. The van der Waals surface area contributed by atoms with Crippen LogP contribution in [-0.2, 0) is 9.53 Å². The summed E-state index contributed by atoms with van der Waals surface area (Å²) < 4.78 is 5.64. The van der Waals surface area contributed by atoms with Gasteiger partial charge in [0.25, 0.3) is 0 Å². The van der Waals surface area contributed by atoms with Gasteiger partial charge in [-0.25, -0.2) is 0 Å². The zero-order valence-electron chi connectivity index (χ0n) is 15.5. The molecule has 0 aromatic rings. The van der Waals surface area contributed by atoms with Gasteiger partial charge in [0, 0.05) is 18.1 Å². The van der Waals surface area contributed by atoms with Crippen LogP contribution >= 0.6 is 21.6 Å². The molecule has 0 amide bonds. The summed E-state index contributed by atoms with van der Waals surface area (Å²) in [5.74, 6) is 1.81. The first-order valence-electron chi connectivity index (χ1n) is 9.32. The number of rotatable bonds is 1. The molecule has 1 heterocycles. The van der Waals surface area contributed by atoms with Crippen molar-refractivity contribution in [2.75, 3.05) is 31.1 Å². The molecule has 1 atom stereocenters. The monoisotopic (exact) mass is 374 g/mol. The Labute approximate surface area is 155 Å². The Kier molecular flexibility index (Phi) is 8.24. The average molecular weight is 375 g/mol. The van der Waals surface area contributed by atoms with Crippen LogP contribution in [0.3, 0.4) is 0 Å². The van der Waals surface area contributed by atoms with E-state index < -0.39 is 5.60 Å². The van der Waals surface area contributed by atoms with Gasteiger partial charge >= 0.3 is 5.97 Å². The number of esters is 1. The first-order chi connectivity index (χ1) is 11.4. The van der Waals surface area contributed by atoms with Gasteiger partial charge in [-0.2, -0.15) is 0 Å². The molecule has 4 nitrogen and oxygen atoms in total. The summed E-state index contributed by atoms with van der Waals surface area (Å²) in [6.07, 6.45) is 7.61. The normalized spacial score (nSPS) is 27.0. The van der Waals surface area contributed by atoms with Crippen LogP contribution in [0.5, 0.6) is 0 Å². The van der Waals surface area contributed by atoms with E-state index in [1.54, 1.807) is 10.8 Å². The highest BCUT2D eigenvalue weighted by atomic mass is 33.1. The van der Waals surface area contributed by atoms with Crippen LogP contribution in [0.2, 0.25) is 0 Å². The third-order valence-electron chi connectivity index (χ3n) is 4.81. The Balaban J connectivity index is 2.00. The van der Waals surface area contributed by atoms with E-state index in [9.17, 15) is 4.79 Å².